The number of hydrogen-bond acceptors (Lipinski definition) is 5. The maximum absolute atomic E-state index is 10.1. The van der Waals surface area contributed by atoms with Crippen molar-refractivity contribution < 1.29 is 20.1 Å². The Bertz CT molecular complexity index is 476. The van der Waals surface area contributed by atoms with Crippen molar-refractivity contribution in [1.82, 2.24) is 4.90 Å². The fourth-order valence-electron chi connectivity index (χ4n) is 2.36. The molecule has 0 bridgehead atoms. The predicted octanol–water partition coefficient (Wildman–Crippen LogP) is 1.80. The van der Waals surface area contributed by atoms with Gasteiger partial charge in [-0.1, -0.05) is 25.4 Å². The van der Waals surface area contributed by atoms with E-state index in [-0.39, 0.29) is 25.7 Å². The molecule has 5 nitrogen and oxygen atoms in total. The zero-order chi connectivity index (χ0) is 17.4. The van der Waals surface area contributed by atoms with Crippen LogP contribution in [0.1, 0.15) is 30.9 Å². The molecule has 6 heteroatoms. The molecule has 3 N–H and O–H groups in total. The average Bonchev–Trinajstić information content (AvgIpc) is 2.48. The summed E-state index contributed by atoms with van der Waals surface area (Å²) in [6.45, 7) is 7.33. The molecule has 0 spiro atoms. The van der Waals surface area contributed by atoms with E-state index in [1.807, 2.05) is 19.1 Å². The Balaban J connectivity index is 2.68. The highest BCUT2D eigenvalue weighted by Crippen LogP contribution is 2.32. The van der Waals surface area contributed by atoms with Crippen molar-refractivity contribution in [3.05, 3.63) is 28.3 Å². The molecule has 132 valence electrons. The maximum Gasteiger partial charge on any atom is 0.123 e. The Morgan fingerprint density at radius 1 is 1.17 bits per heavy atom. The largest absolute Gasteiger partial charge is 0.491 e. The molecule has 0 amide bonds. The zero-order valence-corrected chi connectivity index (χ0v) is 14.9. The number of aliphatic hydroxyl groups excluding tert-OH is 3. The summed E-state index contributed by atoms with van der Waals surface area (Å²) >= 11 is 6.17. The SMILES string of the molecule is Cc1cc(OC[C@H](O)CN(CCO)CCO)c(C(C)C)cc1Cl. The van der Waals surface area contributed by atoms with Crippen molar-refractivity contribution in [2.75, 3.05) is 39.5 Å². The van der Waals surface area contributed by atoms with E-state index in [0.29, 0.717) is 24.7 Å². The second kappa shape index (κ2) is 10.1. The molecule has 1 atom stereocenters. The van der Waals surface area contributed by atoms with Gasteiger partial charge in [-0.3, -0.25) is 4.90 Å². The lowest BCUT2D eigenvalue weighted by atomic mass is 10.0. The standard InChI is InChI=1S/C17H28ClNO4/c1-12(2)15-9-16(18)13(3)8-17(15)23-11-14(22)10-19(4-6-20)5-7-21/h8-9,12,14,20-22H,4-7,10-11H2,1-3H3/t14-/m1/s1. The summed E-state index contributed by atoms with van der Waals surface area (Å²) in [5.41, 5.74) is 1.94. The summed E-state index contributed by atoms with van der Waals surface area (Å²) in [4.78, 5) is 1.80. The van der Waals surface area contributed by atoms with Crippen molar-refractivity contribution in [2.24, 2.45) is 0 Å². The molecule has 0 aliphatic rings. The predicted molar refractivity (Wildman–Crippen MR) is 92.4 cm³/mol. The van der Waals surface area contributed by atoms with Crippen LogP contribution in [0.2, 0.25) is 5.02 Å². The average molecular weight is 346 g/mol. The third-order valence-electron chi connectivity index (χ3n) is 3.65. The fourth-order valence-corrected chi connectivity index (χ4v) is 2.53. The molecule has 0 saturated heterocycles. The van der Waals surface area contributed by atoms with Crippen LogP contribution in [0.15, 0.2) is 12.1 Å². The smallest absolute Gasteiger partial charge is 0.123 e. The highest BCUT2D eigenvalue weighted by Gasteiger charge is 2.15. The minimum absolute atomic E-state index is 0.0124. The van der Waals surface area contributed by atoms with Gasteiger partial charge in [0.05, 0.1) is 13.2 Å². The first-order chi connectivity index (χ1) is 10.9. The molecule has 0 aromatic heterocycles. The van der Waals surface area contributed by atoms with Crippen LogP contribution in [0.3, 0.4) is 0 Å². The molecule has 0 unspecified atom stereocenters. The van der Waals surface area contributed by atoms with Crippen molar-refractivity contribution in [3.63, 3.8) is 0 Å². The molecule has 1 aromatic carbocycles. The van der Waals surface area contributed by atoms with Gasteiger partial charge < -0.3 is 20.1 Å². The number of ether oxygens (including phenoxy) is 1. The van der Waals surface area contributed by atoms with Gasteiger partial charge in [0, 0.05) is 24.7 Å². The third kappa shape index (κ3) is 6.65. The molecule has 0 aliphatic carbocycles. The third-order valence-corrected chi connectivity index (χ3v) is 4.05. The molecule has 1 rings (SSSR count). The minimum atomic E-state index is -0.705. The van der Waals surface area contributed by atoms with E-state index < -0.39 is 6.10 Å². The monoisotopic (exact) mass is 345 g/mol. The molecule has 23 heavy (non-hydrogen) atoms. The summed E-state index contributed by atoms with van der Waals surface area (Å²) in [6, 6.07) is 3.80. The summed E-state index contributed by atoms with van der Waals surface area (Å²) in [5.74, 6) is 0.998. The molecule has 0 fully saturated rings. The van der Waals surface area contributed by atoms with Gasteiger partial charge in [0.15, 0.2) is 0 Å². The maximum atomic E-state index is 10.1. The van der Waals surface area contributed by atoms with Crippen LogP contribution >= 0.6 is 11.6 Å². The van der Waals surface area contributed by atoms with E-state index in [2.05, 4.69) is 13.8 Å². The summed E-state index contributed by atoms with van der Waals surface area (Å²) in [6.07, 6.45) is -0.705. The highest BCUT2D eigenvalue weighted by atomic mass is 35.5. The Morgan fingerprint density at radius 2 is 1.78 bits per heavy atom. The first kappa shape index (κ1) is 20.2. The second-order valence-corrected chi connectivity index (χ2v) is 6.41. The minimum Gasteiger partial charge on any atom is -0.491 e. The van der Waals surface area contributed by atoms with E-state index in [4.69, 9.17) is 26.6 Å². The van der Waals surface area contributed by atoms with Crippen LogP contribution < -0.4 is 4.74 Å². The van der Waals surface area contributed by atoms with Gasteiger partial charge in [0.25, 0.3) is 0 Å². The number of aliphatic hydroxyl groups is 3. The quantitative estimate of drug-likeness (QED) is 0.603. The lowest BCUT2D eigenvalue weighted by Gasteiger charge is -2.24. The van der Waals surface area contributed by atoms with Crippen molar-refractivity contribution in [2.45, 2.75) is 32.8 Å². The molecule has 0 radical (unpaired) electrons. The number of benzene rings is 1. The van der Waals surface area contributed by atoms with E-state index in [1.165, 1.54) is 0 Å². The van der Waals surface area contributed by atoms with E-state index in [0.717, 1.165) is 16.9 Å². The molecule has 0 saturated carbocycles. The van der Waals surface area contributed by atoms with Gasteiger partial charge in [-0.2, -0.15) is 0 Å². The Kier molecular flexibility index (Phi) is 8.87. The van der Waals surface area contributed by atoms with Crippen LogP contribution in [-0.4, -0.2) is 65.8 Å². The summed E-state index contributed by atoms with van der Waals surface area (Å²) < 4.78 is 5.79. The van der Waals surface area contributed by atoms with E-state index in [9.17, 15) is 5.11 Å². The van der Waals surface area contributed by atoms with Gasteiger partial charge in [0.1, 0.15) is 18.5 Å². The second-order valence-electron chi connectivity index (χ2n) is 6.01. The van der Waals surface area contributed by atoms with E-state index in [1.54, 1.807) is 4.90 Å². The highest BCUT2D eigenvalue weighted by molar-refractivity contribution is 6.31. The van der Waals surface area contributed by atoms with Crippen LogP contribution in [0.25, 0.3) is 0 Å². The first-order valence-corrected chi connectivity index (χ1v) is 8.31. The Morgan fingerprint density at radius 3 is 2.30 bits per heavy atom. The Hall–Kier alpha value is -0.850. The number of nitrogens with zero attached hydrogens (tertiary/aromatic N) is 1. The van der Waals surface area contributed by atoms with Gasteiger partial charge in [0.2, 0.25) is 0 Å². The normalized spacial score (nSPS) is 12.9. The lowest BCUT2D eigenvalue weighted by Crippen LogP contribution is -2.38. The zero-order valence-electron chi connectivity index (χ0n) is 14.1. The summed E-state index contributed by atoms with van der Waals surface area (Å²) in [5, 5.41) is 28.8. The molecular formula is C17H28ClNO4. The van der Waals surface area contributed by atoms with Gasteiger partial charge in [-0.15, -0.1) is 0 Å². The first-order valence-electron chi connectivity index (χ1n) is 7.94. The van der Waals surface area contributed by atoms with Crippen molar-refractivity contribution >= 4 is 11.6 Å². The molecule has 1 aromatic rings. The lowest BCUT2D eigenvalue weighted by molar-refractivity contribution is 0.0549. The van der Waals surface area contributed by atoms with Gasteiger partial charge in [-0.25, -0.2) is 0 Å². The molecule has 0 aliphatic heterocycles. The molecular weight excluding hydrogens is 318 g/mol. The number of halogens is 1. The van der Waals surface area contributed by atoms with Crippen LogP contribution in [0, 0.1) is 6.92 Å². The van der Waals surface area contributed by atoms with Crippen LogP contribution in [0.5, 0.6) is 5.75 Å². The van der Waals surface area contributed by atoms with E-state index >= 15 is 0 Å². The Labute approximate surface area is 143 Å². The van der Waals surface area contributed by atoms with Crippen molar-refractivity contribution in [1.29, 1.82) is 0 Å². The fraction of sp³-hybridized carbons (Fsp3) is 0.647. The van der Waals surface area contributed by atoms with Crippen LogP contribution in [0.4, 0.5) is 0 Å². The summed E-state index contributed by atoms with van der Waals surface area (Å²) in [7, 11) is 0. The topological polar surface area (TPSA) is 73.2 Å². The van der Waals surface area contributed by atoms with Gasteiger partial charge >= 0.3 is 0 Å². The molecule has 0 heterocycles. The van der Waals surface area contributed by atoms with Crippen LogP contribution in [-0.2, 0) is 0 Å². The number of hydrogen-bond donors (Lipinski definition) is 3. The van der Waals surface area contributed by atoms with Crippen molar-refractivity contribution in [3.8, 4) is 5.75 Å². The number of rotatable bonds is 10. The van der Waals surface area contributed by atoms with Gasteiger partial charge in [-0.05, 0) is 36.1 Å². The number of aryl methyl sites for hydroxylation is 1.